The Morgan fingerprint density at radius 3 is 2.44 bits per heavy atom. The van der Waals surface area contributed by atoms with Gasteiger partial charge in [-0.05, 0) is 56.3 Å². The van der Waals surface area contributed by atoms with Gasteiger partial charge in [0.1, 0.15) is 11.7 Å². The summed E-state index contributed by atoms with van der Waals surface area (Å²) in [5.74, 6) is 0.178. The summed E-state index contributed by atoms with van der Waals surface area (Å²) in [6, 6.07) is 0. The largest absolute Gasteiger partial charge is 0.459 e. The fourth-order valence-corrected chi connectivity index (χ4v) is 5.78. The first kappa shape index (κ1) is 20.2. The van der Waals surface area contributed by atoms with Crippen LogP contribution in [0.5, 0.6) is 0 Å². The first-order valence-electron chi connectivity index (χ1n) is 9.64. The molecule has 2 saturated carbocycles. The summed E-state index contributed by atoms with van der Waals surface area (Å²) in [5.41, 5.74) is 0.333. The molecule has 2 aliphatic carbocycles. The molecule has 0 aromatic rings. The molecule has 0 radical (unpaired) electrons. The van der Waals surface area contributed by atoms with E-state index in [2.05, 4.69) is 33.4 Å². The third-order valence-electron chi connectivity index (χ3n) is 7.18. The van der Waals surface area contributed by atoms with Gasteiger partial charge >= 0.3 is 5.97 Å². The minimum absolute atomic E-state index is 0.0415. The van der Waals surface area contributed by atoms with E-state index in [1.54, 1.807) is 0 Å². The predicted octanol–water partition coefficient (Wildman–Crippen LogP) is 5.04. The van der Waals surface area contributed by atoms with Crippen LogP contribution in [0.3, 0.4) is 0 Å². The standard InChI is InChI=1S/C22H36O3/c1-8-15(2)10-11-17-21(6)13-9-12-20(4,5)18(21)14-19(22(17,7)24)25-16(3)23/h8,10,17-19,24H,1,9,11-14H2,2-7H3. The average Bonchev–Trinajstić information content (AvgIpc) is 2.47. The van der Waals surface area contributed by atoms with Gasteiger partial charge in [-0.1, -0.05) is 51.5 Å². The van der Waals surface area contributed by atoms with E-state index < -0.39 is 11.7 Å². The van der Waals surface area contributed by atoms with Gasteiger partial charge in [0.2, 0.25) is 0 Å². The van der Waals surface area contributed by atoms with Gasteiger partial charge in [-0.3, -0.25) is 4.79 Å². The summed E-state index contributed by atoms with van der Waals surface area (Å²) in [7, 11) is 0. The average molecular weight is 349 g/mol. The lowest BCUT2D eigenvalue weighted by molar-refractivity contribution is -0.229. The molecule has 2 aliphatic rings. The monoisotopic (exact) mass is 348 g/mol. The van der Waals surface area contributed by atoms with E-state index in [9.17, 15) is 9.90 Å². The molecule has 0 aromatic carbocycles. The smallest absolute Gasteiger partial charge is 0.303 e. The van der Waals surface area contributed by atoms with E-state index in [4.69, 9.17) is 4.74 Å². The first-order valence-corrected chi connectivity index (χ1v) is 9.64. The molecule has 2 fully saturated rings. The number of esters is 1. The van der Waals surface area contributed by atoms with E-state index in [1.165, 1.54) is 19.8 Å². The van der Waals surface area contributed by atoms with Crippen LogP contribution in [0, 0.1) is 22.7 Å². The Labute approximate surface area is 153 Å². The maximum atomic E-state index is 11.7. The van der Waals surface area contributed by atoms with Crippen LogP contribution in [-0.2, 0) is 9.53 Å². The van der Waals surface area contributed by atoms with Crippen molar-refractivity contribution >= 4 is 5.97 Å². The van der Waals surface area contributed by atoms with E-state index in [1.807, 2.05) is 19.9 Å². The molecule has 5 atom stereocenters. The normalized spacial score (nSPS) is 40.9. The van der Waals surface area contributed by atoms with Gasteiger partial charge in [-0.25, -0.2) is 0 Å². The summed E-state index contributed by atoms with van der Waals surface area (Å²) in [6.45, 7) is 16.2. The first-order chi connectivity index (χ1) is 11.4. The third kappa shape index (κ3) is 3.72. The fraction of sp³-hybridized carbons (Fsp3) is 0.773. The molecule has 2 rings (SSSR count). The molecule has 0 amide bonds. The quantitative estimate of drug-likeness (QED) is 0.571. The summed E-state index contributed by atoms with van der Waals surface area (Å²) in [6.07, 6.45) is 8.62. The molecule has 0 aliphatic heterocycles. The second-order valence-electron chi connectivity index (χ2n) is 9.40. The SMILES string of the molecule is C=CC(C)=CCC1C(C)(O)C(OC(C)=O)CC2C(C)(C)CCCC21C. The van der Waals surface area contributed by atoms with Crippen molar-refractivity contribution in [2.75, 3.05) is 0 Å². The number of aliphatic hydroxyl groups is 1. The molecular weight excluding hydrogens is 312 g/mol. The van der Waals surface area contributed by atoms with Crippen LogP contribution in [0.1, 0.15) is 73.6 Å². The Hall–Kier alpha value is -1.09. The zero-order valence-electron chi connectivity index (χ0n) is 16.9. The highest BCUT2D eigenvalue weighted by atomic mass is 16.6. The van der Waals surface area contributed by atoms with Crippen LogP contribution in [0.25, 0.3) is 0 Å². The van der Waals surface area contributed by atoms with Gasteiger partial charge < -0.3 is 9.84 Å². The van der Waals surface area contributed by atoms with Gasteiger partial charge in [0.05, 0.1) is 0 Å². The summed E-state index contributed by atoms with van der Waals surface area (Å²) in [5, 5.41) is 11.5. The number of ether oxygens (including phenoxy) is 1. The lowest BCUT2D eigenvalue weighted by Gasteiger charge is -2.62. The van der Waals surface area contributed by atoms with Crippen LogP contribution < -0.4 is 0 Å². The highest BCUT2D eigenvalue weighted by Crippen LogP contribution is 2.63. The molecular formula is C22H36O3. The van der Waals surface area contributed by atoms with Crippen molar-refractivity contribution in [1.29, 1.82) is 0 Å². The number of rotatable bonds is 4. The molecule has 0 bridgehead atoms. The Morgan fingerprint density at radius 2 is 1.88 bits per heavy atom. The third-order valence-corrected chi connectivity index (χ3v) is 7.18. The molecule has 0 aromatic heterocycles. The second kappa shape index (κ2) is 6.90. The van der Waals surface area contributed by atoms with Crippen molar-refractivity contribution in [3.63, 3.8) is 0 Å². The number of hydrogen-bond donors (Lipinski definition) is 1. The number of carbonyl (C=O) groups excluding carboxylic acids is 1. The molecule has 0 spiro atoms. The van der Waals surface area contributed by atoms with Crippen LogP contribution in [0.2, 0.25) is 0 Å². The zero-order valence-corrected chi connectivity index (χ0v) is 16.9. The van der Waals surface area contributed by atoms with E-state index >= 15 is 0 Å². The van der Waals surface area contributed by atoms with Crippen molar-refractivity contribution in [3.8, 4) is 0 Å². The van der Waals surface area contributed by atoms with Crippen molar-refractivity contribution in [2.45, 2.75) is 85.4 Å². The van der Waals surface area contributed by atoms with Crippen molar-refractivity contribution in [2.24, 2.45) is 22.7 Å². The van der Waals surface area contributed by atoms with Gasteiger partial charge in [-0.15, -0.1) is 0 Å². The number of hydrogen-bond acceptors (Lipinski definition) is 3. The molecule has 3 nitrogen and oxygen atoms in total. The molecule has 142 valence electrons. The van der Waals surface area contributed by atoms with Crippen LogP contribution in [0.4, 0.5) is 0 Å². The maximum absolute atomic E-state index is 11.7. The molecule has 0 heterocycles. The fourth-order valence-electron chi connectivity index (χ4n) is 5.78. The molecule has 5 unspecified atom stereocenters. The van der Waals surface area contributed by atoms with Crippen LogP contribution in [-0.4, -0.2) is 22.8 Å². The minimum Gasteiger partial charge on any atom is -0.459 e. The Kier molecular flexibility index (Phi) is 5.59. The summed E-state index contributed by atoms with van der Waals surface area (Å²) < 4.78 is 5.63. The van der Waals surface area contributed by atoms with Gasteiger partial charge in [0, 0.05) is 12.8 Å². The number of allylic oxidation sites excluding steroid dienone is 3. The van der Waals surface area contributed by atoms with E-state index in [-0.39, 0.29) is 22.7 Å². The zero-order chi connectivity index (χ0) is 19.0. The van der Waals surface area contributed by atoms with Crippen LogP contribution in [0.15, 0.2) is 24.3 Å². The Morgan fingerprint density at radius 1 is 1.24 bits per heavy atom. The highest BCUT2D eigenvalue weighted by molar-refractivity contribution is 5.66. The van der Waals surface area contributed by atoms with E-state index in [0.29, 0.717) is 5.92 Å². The maximum Gasteiger partial charge on any atom is 0.303 e. The van der Waals surface area contributed by atoms with Crippen molar-refractivity contribution < 1.29 is 14.6 Å². The Bertz CT molecular complexity index is 558. The van der Waals surface area contributed by atoms with Crippen molar-refractivity contribution in [1.82, 2.24) is 0 Å². The number of carbonyl (C=O) groups is 1. The lowest BCUT2D eigenvalue weighted by atomic mass is 9.44. The predicted molar refractivity (Wildman–Crippen MR) is 102 cm³/mol. The minimum atomic E-state index is -1.03. The molecule has 0 saturated heterocycles. The number of fused-ring (bicyclic) bond motifs is 1. The van der Waals surface area contributed by atoms with Gasteiger partial charge in [0.25, 0.3) is 0 Å². The molecule has 1 N–H and O–H groups in total. The van der Waals surface area contributed by atoms with Gasteiger partial charge in [0.15, 0.2) is 0 Å². The summed E-state index contributed by atoms with van der Waals surface area (Å²) in [4.78, 5) is 11.7. The second-order valence-corrected chi connectivity index (χ2v) is 9.40. The van der Waals surface area contributed by atoms with Crippen LogP contribution >= 0.6 is 0 Å². The summed E-state index contributed by atoms with van der Waals surface area (Å²) >= 11 is 0. The van der Waals surface area contributed by atoms with Gasteiger partial charge in [-0.2, -0.15) is 0 Å². The highest BCUT2D eigenvalue weighted by Gasteiger charge is 2.61. The van der Waals surface area contributed by atoms with Crippen molar-refractivity contribution in [3.05, 3.63) is 24.3 Å². The topological polar surface area (TPSA) is 46.5 Å². The Balaban J connectivity index is 2.47. The molecule has 25 heavy (non-hydrogen) atoms. The molecule has 3 heteroatoms. The van der Waals surface area contributed by atoms with E-state index in [0.717, 1.165) is 24.8 Å². The lowest BCUT2D eigenvalue weighted by Crippen LogP contribution is -2.64.